The van der Waals surface area contributed by atoms with E-state index < -0.39 is 12.0 Å². The van der Waals surface area contributed by atoms with Crippen LogP contribution < -0.4 is 20.1 Å². The largest absolute Gasteiger partial charge is 0.493 e. The molecule has 1 atom stereocenters. The van der Waals surface area contributed by atoms with E-state index in [0.29, 0.717) is 40.8 Å². The summed E-state index contributed by atoms with van der Waals surface area (Å²) < 4.78 is 16.2. The van der Waals surface area contributed by atoms with Crippen molar-refractivity contribution in [3.63, 3.8) is 0 Å². The smallest absolute Gasteiger partial charge is 0.338 e. The predicted octanol–water partition coefficient (Wildman–Crippen LogP) is 3.83. The Hall–Kier alpha value is -3.52. The van der Waals surface area contributed by atoms with Crippen LogP contribution >= 0.6 is 0 Å². The molecule has 0 bridgehead atoms. The second-order valence-corrected chi connectivity index (χ2v) is 9.17. The minimum atomic E-state index is -0.664. The van der Waals surface area contributed by atoms with Crippen LogP contribution in [0.3, 0.4) is 0 Å². The molecule has 0 aliphatic carbocycles. The fraction of sp³-hybridized carbons (Fsp3) is 0.429. The molecule has 4 rings (SSSR count). The van der Waals surface area contributed by atoms with Crippen LogP contribution in [0.5, 0.6) is 11.5 Å². The van der Waals surface area contributed by atoms with Crippen molar-refractivity contribution in [2.45, 2.75) is 32.2 Å². The average Bonchev–Trinajstić information content (AvgIpc) is 2.89. The molecule has 0 spiro atoms. The van der Waals surface area contributed by atoms with Crippen LogP contribution in [0.15, 0.2) is 59.8 Å². The quantitative estimate of drug-likeness (QED) is 0.516. The summed E-state index contributed by atoms with van der Waals surface area (Å²) in [6, 6.07) is 14.9. The number of hydrogen-bond acceptors (Lipinski definition) is 6. The maximum Gasteiger partial charge on any atom is 0.338 e. The van der Waals surface area contributed by atoms with Gasteiger partial charge in [0, 0.05) is 12.2 Å². The average molecular weight is 494 g/mol. The molecule has 0 aromatic heterocycles. The molecule has 1 saturated heterocycles. The highest BCUT2D eigenvalue weighted by Gasteiger charge is 2.35. The topological polar surface area (TPSA) is 89.1 Å². The number of methoxy groups -OCH3 is 2. The van der Waals surface area contributed by atoms with Crippen molar-refractivity contribution in [1.29, 1.82) is 0 Å². The van der Waals surface area contributed by atoms with Crippen molar-refractivity contribution in [2.24, 2.45) is 5.92 Å². The Balaban J connectivity index is 1.55. The molecular formula is C28H35N3O5. The fourth-order valence-electron chi connectivity index (χ4n) is 4.99. The third-order valence-electron chi connectivity index (χ3n) is 6.85. The summed E-state index contributed by atoms with van der Waals surface area (Å²) in [5.41, 5.74) is 3.07. The highest BCUT2D eigenvalue weighted by molar-refractivity contribution is 5.95. The summed E-state index contributed by atoms with van der Waals surface area (Å²) in [5.74, 6) is 1.28. The number of esters is 1. The lowest BCUT2D eigenvalue weighted by Crippen LogP contribution is -2.49. The summed E-state index contributed by atoms with van der Waals surface area (Å²) in [4.78, 5) is 28.1. The summed E-state index contributed by atoms with van der Waals surface area (Å²) in [7, 11) is 3.12. The highest BCUT2D eigenvalue weighted by Crippen LogP contribution is 2.35. The first-order valence-electron chi connectivity index (χ1n) is 12.5. The molecule has 36 heavy (non-hydrogen) atoms. The Kier molecular flexibility index (Phi) is 8.48. The predicted molar refractivity (Wildman–Crippen MR) is 137 cm³/mol. The van der Waals surface area contributed by atoms with Gasteiger partial charge < -0.3 is 24.8 Å². The molecule has 2 aromatic rings. The van der Waals surface area contributed by atoms with Gasteiger partial charge in [0.2, 0.25) is 0 Å². The number of benzene rings is 2. The number of carbonyl (C=O) groups excluding carboxylic acids is 2. The Morgan fingerprint density at radius 2 is 1.75 bits per heavy atom. The van der Waals surface area contributed by atoms with Crippen LogP contribution in [0.4, 0.5) is 4.79 Å². The number of nitrogens with zero attached hydrogens (tertiary/aromatic N) is 1. The molecule has 2 aliphatic heterocycles. The van der Waals surface area contributed by atoms with E-state index in [-0.39, 0.29) is 12.6 Å². The molecule has 8 nitrogen and oxygen atoms in total. The summed E-state index contributed by atoms with van der Waals surface area (Å²) in [6.07, 6.45) is 3.22. The first kappa shape index (κ1) is 25.6. The van der Waals surface area contributed by atoms with E-state index in [9.17, 15) is 9.59 Å². The molecule has 2 aliphatic rings. The SMILES string of the molecule is CCOC(=O)C1=C(CN2CCC(Cc3ccccc3)CC2)NC(=O)N[C@H]1c1ccc(OC)c(OC)c1. The normalized spacial score (nSPS) is 18.9. The molecule has 0 saturated carbocycles. The first-order chi connectivity index (χ1) is 17.5. The maximum atomic E-state index is 13.1. The lowest BCUT2D eigenvalue weighted by atomic mass is 9.89. The van der Waals surface area contributed by atoms with Gasteiger partial charge in [-0.05, 0) is 68.5 Å². The van der Waals surface area contributed by atoms with E-state index in [0.717, 1.165) is 32.4 Å². The van der Waals surface area contributed by atoms with Gasteiger partial charge >= 0.3 is 12.0 Å². The molecule has 2 N–H and O–H groups in total. The molecule has 2 heterocycles. The molecule has 0 unspecified atom stereocenters. The van der Waals surface area contributed by atoms with Crippen molar-refractivity contribution in [3.05, 3.63) is 70.9 Å². The van der Waals surface area contributed by atoms with E-state index in [2.05, 4.69) is 39.8 Å². The van der Waals surface area contributed by atoms with Crippen LogP contribution in [0, 0.1) is 5.92 Å². The van der Waals surface area contributed by atoms with Crippen molar-refractivity contribution in [3.8, 4) is 11.5 Å². The molecule has 2 amide bonds. The lowest BCUT2D eigenvalue weighted by Gasteiger charge is -2.35. The Labute approximate surface area is 212 Å². The minimum Gasteiger partial charge on any atom is -0.493 e. The molecular weight excluding hydrogens is 458 g/mol. The van der Waals surface area contributed by atoms with Crippen molar-refractivity contribution >= 4 is 12.0 Å². The Morgan fingerprint density at radius 3 is 2.42 bits per heavy atom. The molecule has 1 fully saturated rings. The number of hydrogen-bond donors (Lipinski definition) is 2. The van der Waals surface area contributed by atoms with E-state index in [1.165, 1.54) is 5.56 Å². The summed E-state index contributed by atoms with van der Waals surface area (Å²) in [5, 5.41) is 5.77. The van der Waals surface area contributed by atoms with E-state index in [1.807, 2.05) is 12.1 Å². The number of ether oxygens (including phenoxy) is 3. The molecule has 2 aromatic carbocycles. The minimum absolute atomic E-state index is 0.243. The van der Waals surface area contributed by atoms with E-state index in [1.54, 1.807) is 33.3 Å². The van der Waals surface area contributed by atoms with Crippen molar-refractivity contribution < 1.29 is 23.8 Å². The number of piperidine rings is 1. The summed E-state index contributed by atoms with van der Waals surface area (Å²) >= 11 is 0. The van der Waals surface area contributed by atoms with Crippen LogP contribution in [0.25, 0.3) is 0 Å². The second kappa shape index (κ2) is 11.9. The van der Waals surface area contributed by atoms with Gasteiger partial charge in [-0.1, -0.05) is 36.4 Å². The number of carbonyl (C=O) groups is 2. The first-order valence-corrected chi connectivity index (χ1v) is 12.5. The number of nitrogens with one attached hydrogen (secondary N) is 2. The zero-order valence-electron chi connectivity index (χ0n) is 21.2. The third kappa shape index (κ3) is 5.99. The molecule has 192 valence electrons. The monoisotopic (exact) mass is 493 g/mol. The Bertz CT molecular complexity index is 1090. The number of amides is 2. The van der Waals surface area contributed by atoms with Crippen molar-refractivity contribution in [1.82, 2.24) is 15.5 Å². The third-order valence-corrected chi connectivity index (χ3v) is 6.85. The fourth-order valence-corrected chi connectivity index (χ4v) is 4.99. The zero-order valence-corrected chi connectivity index (χ0v) is 21.2. The van der Waals surface area contributed by atoms with E-state index in [4.69, 9.17) is 14.2 Å². The van der Waals surface area contributed by atoms with Crippen molar-refractivity contribution in [2.75, 3.05) is 40.5 Å². The zero-order chi connectivity index (χ0) is 25.5. The van der Waals surface area contributed by atoms with Crippen LogP contribution in [-0.2, 0) is 16.0 Å². The Morgan fingerprint density at radius 1 is 1.03 bits per heavy atom. The number of rotatable bonds is 9. The molecule has 0 radical (unpaired) electrons. The number of likely N-dealkylation sites (tertiary alicyclic amines) is 1. The van der Waals surface area contributed by atoms with Gasteiger partial charge in [0.25, 0.3) is 0 Å². The molecule has 8 heteroatoms. The van der Waals surface area contributed by atoms with Gasteiger partial charge in [-0.15, -0.1) is 0 Å². The maximum absolute atomic E-state index is 13.1. The second-order valence-electron chi connectivity index (χ2n) is 9.17. The highest BCUT2D eigenvalue weighted by atomic mass is 16.5. The van der Waals surface area contributed by atoms with Gasteiger partial charge in [-0.2, -0.15) is 0 Å². The van der Waals surface area contributed by atoms with Gasteiger partial charge in [0.15, 0.2) is 11.5 Å². The van der Waals surface area contributed by atoms with E-state index >= 15 is 0 Å². The van der Waals surface area contributed by atoms with Gasteiger partial charge in [-0.25, -0.2) is 9.59 Å². The lowest BCUT2D eigenvalue weighted by molar-refractivity contribution is -0.139. The summed E-state index contributed by atoms with van der Waals surface area (Å²) in [6.45, 7) is 4.30. The van der Waals surface area contributed by atoms with Crippen LogP contribution in [0.1, 0.15) is 36.9 Å². The standard InChI is InChI=1S/C28H35N3O5/c1-4-36-27(32)25-22(18-31-14-12-20(13-15-31)16-19-8-6-5-7-9-19)29-28(33)30-26(25)21-10-11-23(34-2)24(17-21)35-3/h5-11,17,20,26H,4,12-16,18H2,1-3H3,(H2,29,30,33)/t26-/m0/s1. The number of urea groups is 1. The van der Waals surface area contributed by atoms with Gasteiger partial charge in [0.1, 0.15) is 0 Å². The van der Waals surface area contributed by atoms with Crippen LogP contribution in [0.2, 0.25) is 0 Å². The van der Waals surface area contributed by atoms with Crippen LogP contribution in [-0.4, -0.2) is 57.4 Å². The van der Waals surface area contributed by atoms with Gasteiger partial charge in [-0.3, -0.25) is 4.90 Å². The van der Waals surface area contributed by atoms with Gasteiger partial charge in [0.05, 0.1) is 32.4 Å².